The van der Waals surface area contributed by atoms with Crippen LogP contribution in [0.5, 0.6) is 0 Å². The fourth-order valence-electron chi connectivity index (χ4n) is 0.319. The molecule has 96 valence electrons. The van der Waals surface area contributed by atoms with Crippen LogP contribution >= 0.6 is 0 Å². The van der Waals surface area contributed by atoms with E-state index in [4.69, 9.17) is 30.3 Å². The fraction of sp³-hybridized carbons (Fsp3) is 0. The predicted molar refractivity (Wildman–Crippen MR) is 41.1 cm³/mol. The van der Waals surface area contributed by atoms with Crippen molar-refractivity contribution in [3.63, 3.8) is 0 Å². The molecule has 18 heavy (non-hydrogen) atoms. The second kappa shape index (κ2) is 11.7. The first-order valence-electron chi connectivity index (χ1n) is 3.23. The van der Waals surface area contributed by atoms with E-state index in [0.717, 1.165) is 0 Å². The van der Waals surface area contributed by atoms with Gasteiger partial charge in [-0.05, 0) is 0 Å². The first kappa shape index (κ1) is 21.5. The largest absolute Gasteiger partial charge is 1.21 e. The van der Waals surface area contributed by atoms with E-state index in [1.54, 1.807) is 0 Å². The first-order valence-corrected chi connectivity index (χ1v) is 4.65. The van der Waals surface area contributed by atoms with Crippen molar-refractivity contribution in [3.8, 4) is 0 Å². The van der Waals surface area contributed by atoms with Gasteiger partial charge in [0, 0.05) is 0 Å². The van der Waals surface area contributed by atoms with Gasteiger partial charge >= 0.3 is 52.5 Å². The minimum atomic E-state index is -3.71. The molecule has 14 heteroatoms. The molecule has 0 aliphatic carbocycles. The molecule has 0 aliphatic heterocycles. The van der Waals surface area contributed by atoms with Crippen molar-refractivity contribution in [2.45, 2.75) is 0 Å². The molecule has 0 saturated heterocycles. The van der Waals surface area contributed by atoms with Crippen molar-refractivity contribution < 1.29 is 74.9 Å². The van der Waals surface area contributed by atoms with Crippen LogP contribution in [0.25, 0.3) is 0 Å². The van der Waals surface area contributed by atoms with E-state index in [2.05, 4.69) is 11.4 Å². The van der Waals surface area contributed by atoms with Crippen molar-refractivity contribution in [3.05, 3.63) is 0 Å². The topological polar surface area (TPSA) is 200 Å². The zero-order valence-electron chi connectivity index (χ0n) is 8.63. The summed E-state index contributed by atoms with van der Waals surface area (Å²) in [5.41, 5.74) is 0. The van der Waals surface area contributed by atoms with E-state index in [-0.39, 0.29) is 18.9 Å². The first-order chi connectivity index (χ1) is 7.65. The molecule has 0 rings (SSSR count). The van der Waals surface area contributed by atoms with Gasteiger partial charge < -0.3 is 41.7 Å². The molecule has 0 amide bonds. The van der Waals surface area contributed by atoms with E-state index in [9.17, 15) is 14.4 Å². The molecule has 0 spiro atoms. The molecule has 0 radical (unpaired) electrons. The summed E-state index contributed by atoms with van der Waals surface area (Å²) in [4.78, 5) is 38.0. The molecule has 0 aromatic rings. The van der Waals surface area contributed by atoms with Crippen LogP contribution in [0, 0.1) is 0 Å². The van der Waals surface area contributed by atoms with Crippen molar-refractivity contribution in [1.82, 2.24) is 0 Å². The van der Waals surface area contributed by atoms with Crippen LogP contribution in [0.15, 0.2) is 0 Å². The smallest absolute Gasteiger partial charge is 0.565 e. The maximum absolute atomic E-state index is 9.84. The van der Waals surface area contributed by atoms with Gasteiger partial charge in [-0.15, -0.1) is 0 Å². The van der Waals surface area contributed by atoms with E-state index in [1.807, 2.05) is 0 Å². The number of hydrogen-bond acceptors (Lipinski definition) is 8. The normalized spacial score (nSPS) is 7.33. The Morgan fingerprint density at radius 3 is 1.06 bits per heavy atom. The van der Waals surface area contributed by atoms with Crippen molar-refractivity contribution in [2.75, 3.05) is 0 Å². The average molecular weight is 278 g/mol. The quantitative estimate of drug-likeness (QED) is 0.364. The van der Waals surface area contributed by atoms with E-state index in [0.29, 0.717) is 0 Å². The van der Waals surface area contributed by atoms with Crippen LogP contribution in [-0.2, 0) is 11.4 Å². The van der Waals surface area contributed by atoms with E-state index in [1.165, 1.54) is 0 Å². The van der Waals surface area contributed by atoms with Crippen molar-refractivity contribution in [1.29, 1.82) is 0 Å². The Hall–Kier alpha value is -1.79. The Morgan fingerprint density at radius 1 is 0.778 bits per heavy atom. The van der Waals surface area contributed by atoms with Gasteiger partial charge in [0.05, 0.1) is 0 Å². The Bertz CT molecular complexity index is 260. The number of hydrogen-bond donors (Lipinski definition) is 4. The second-order valence-corrected chi connectivity index (χ2v) is 2.99. The van der Waals surface area contributed by atoms with Crippen LogP contribution < -0.4 is 24.0 Å². The summed E-state index contributed by atoms with van der Waals surface area (Å²) in [6.45, 7) is 0. The zero-order chi connectivity index (χ0) is 14.0. The third-order valence-electron chi connectivity index (χ3n) is 0.591. The Balaban J connectivity index is -0.000000392. The van der Waals surface area contributed by atoms with E-state index >= 15 is 0 Å². The summed E-state index contributed by atoms with van der Waals surface area (Å²) in [5, 5.41) is 39.2. The van der Waals surface area contributed by atoms with Gasteiger partial charge in [-0.2, -0.15) is 0 Å². The molecule has 0 aromatic carbocycles. The summed E-state index contributed by atoms with van der Waals surface area (Å²) in [5.74, 6) is 0. The Kier molecular flexibility index (Phi) is 14.0. The molecule has 0 aliphatic rings. The summed E-state index contributed by atoms with van der Waals surface area (Å²) < 4.78 is 11.2. The maximum atomic E-state index is 9.84. The third kappa shape index (κ3) is 23.8. The van der Waals surface area contributed by atoms with Gasteiger partial charge in [0.25, 0.3) is 0 Å². The maximum Gasteiger partial charge on any atom is 1.21 e. The van der Waals surface area contributed by atoms with Crippen LogP contribution in [0.3, 0.4) is 0 Å². The van der Waals surface area contributed by atoms with Crippen LogP contribution in [0.2, 0.25) is 0 Å². The van der Waals surface area contributed by atoms with Gasteiger partial charge in [-0.25, -0.2) is 14.4 Å². The average Bonchev–Trinajstić information content (AvgIpc) is 1.96. The van der Waals surface area contributed by atoms with Crippen molar-refractivity contribution >= 4 is 39.8 Å². The summed E-state index contributed by atoms with van der Waals surface area (Å²) in [6.07, 6.45) is -7.71. The minimum Gasteiger partial charge on any atom is -0.565 e. The zero-order valence-corrected chi connectivity index (χ0v) is 9.79. The van der Waals surface area contributed by atoms with Gasteiger partial charge in [-0.3, -0.25) is 0 Å². The Morgan fingerprint density at radius 2 is 0.944 bits per heavy atom. The molecule has 0 atom stereocenters. The van der Waals surface area contributed by atoms with E-state index < -0.39 is 39.8 Å². The third-order valence-corrected chi connectivity index (χ3v) is 1.77. The van der Waals surface area contributed by atoms with Gasteiger partial charge in [-0.1, -0.05) is 0 Å². The molecule has 0 bridgehead atoms. The molecular formula is C4H4AlLiO12. The summed E-state index contributed by atoms with van der Waals surface area (Å²) >= 11 is -3.71. The predicted octanol–water partition coefficient (Wildman–Crippen LogP) is -4.05. The van der Waals surface area contributed by atoms with Crippen LogP contribution in [0.4, 0.5) is 19.2 Å². The molecule has 4 N–H and O–H groups in total. The number of rotatable bonds is 3. The van der Waals surface area contributed by atoms with Crippen molar-refractivity contribution in [2.24, 2.45) is 0 Å². The van der Waals surface area contributed by atoms with Gasteiger partial charge in [0.1, 0.15) is 0 Å². The molecule has 12 nitrogen and oxygen atoms in total. The molecule has 0 unspecified atom stereocenters. The second-order valence-electron chi connectivity index (χ2n) is 1.71. The molecule has 0 saturated carbocycles. The van der Waals surface area contributed by atoms with Crippen LogP contribution in [0.1, 0.15) is 0 Å². The monoisotopic (exact) mass is 278 g/mol. The SMILES string of the molecule is O=C(O)[O][Al]([O]C(=O)O)[O]C(=O)O.O=C([O-])O.[Li+]. The van der Waals surface area contributed by atoms with Crippen LogP contribution in [-0.4, -0.2) is 60.2 Å². The molecular weight excluding hydrogens is 274 g/mol. The minimum absolute atomic E-state index is 0. The number of carboxylic acid groups (broad SMARTS) is 5. The summed E-state index contributed by atoms with van der Waals surface area (Å²) in [6, 6.07) is 0. The van der Waals surface area contributed by atoms with Gasteiger partial charge in [0.2, 0.25) is 6.16 Å². The number of carbonyl (C=O) groups is 4. The standard InChI is InChI=1S/4CH2O3.Al.Li/c4*2-1(3)4;;/h4*(H2,2,3,4);;/q;;;;+3;+1/p-4. The molecule has 0 heterocycles. The Labute approximate surface area is 115 Å². The summed E-state index contributed by atoms with van der Waals surface area (Å²) in [7, 11) is 0. The molecule has 0 aromatic heterocycles. The molecule has 0 fully saturated rings. The van der Waals surface area contributed by atoms with Gasteiger partial charge in [0.15, 0.2) is 0 Å². The fourth-order valence-corrected chi connectivity index (χ4v) is 0.957.